The number of esters is 1. The summed E-state index contributed by atoms with van der Waals surface area (Å²) in [5.74, 6) is -0.333. The van der Waals surface area contributed by atoms with Crippen LogP contribution in [0.3, 0.4) is 0 Å². The van der Waals surface area contributed by atoms with Gasteiger partial charge in [-0.2, -0.15) is 0 Å². The van der Waals surface area contributed by atoms with E-state index in [-0.39, 0.29) is 18.1 Å². The van der Waals surface area contributed by atoms with Gasteiger partial charge in [0.1, 0.15) is 6.10 Å². The molecule has 1 atom stereocenters. The van der Waals surface area contributed by atoms with Crippen molar-refractivity contribution in [1.29, 1.82) is 0 Å². The van der Waals surface area contributed by atoms with Crippen LogP contribution in [0.5, 0.6) is 0 Å². The van der Waals surface area contributed by atoms with Crippen LogP contribution in [0.2, 0.25) is 0 Å². The van der Waals surface area contributed by atoms with Crippen LogP contribution in [0.25, 0.3) is 0 Å². The molecule has 1 saturated carbocycles. The maximum atomic E-state index is 12.8. The molecule has 1 aromatic carbocycles. The molecule has 0 spiro atoms. The van der Waals surface area contributed by atoms with Gasteiger partial charge in [0, 0.05) is 5.70 Å². The fraction of sp³-hybridized carbons (Fsp3) is 0.474. The van der Waals surface area contributed by atoms with E-state index >= 15 is 0 Å². The van der Waals surface area contributed by atoms with E-state index in [0.717, 1.165) is 31.2 Å². The van der Waals surface area contributed by atoms with Crippen LogP contribution in [0.4, 0.5) is 4.79 Å². The summed E-state index contributed by atoms with van der Waals surface area (Å²) in [6.45, 7) is 1.75. The molecule has 0 aromatic heterocycles. The molecule has 0 saturated heterocycles. The number of hydrogen-bond acceptors (Lipinski definition) is 3. The summed E-state index contributed by atoms with van der Waals surface area (Å²) in [4.78, 5) is 24.7. The normalized spacial score (nSPS) is 22.4. The molecule has 2 aliphatic rings. The number of urea groups is 1. The minimum atomic E-state index is -0.474. The number of rotatable bonds is 3. The average molecular weight is 328 g/mol. The van der Waals surface area contributed by atoms with E-state index in [1.54, 1.807) is 6.92 Å². The Bertz CT molecular complexity index is 631. The molecule has 0 bridgehead atoms. The zero-order valence-electron chi connectivity index (χ0n) is 14.0. The van der Waals surface area contributed by atoms with Gasteiger partial charge in [-0.15, -0.1) is 0 Å². The van der Waals surface area contributed by atoms with Crippen LogP contribution in [0, 0.1) is 0 Å². The van der Waals surface area contributed by atoms with Gasteiger partial charge >= 0.3 is 12.0 Å². The van der Waals surface area contributed by atoms with Gasteiger partial charge < -0.3 is 15.4 Å². The average Bonchev–Trinajstić information content (AvgIpc) is 2.83. The largest absolute Gasteiger partial charge is 0.459 e. The molecule has 3 rings (SSSR count). The predicted octanol–water partition coefficient (Wildman–Crippen LogP) is 3.58. The molecular formula is C19H24N2O3. The monoisotopic (exact) mass is 328 g/mol. The first-order chi connectivity index (χ1) is 11.6. The highest BCUT2D eigenvalue weighted by atomic mass is 16.5. The number of nitrogens with one attached hydrogen (secondary N) is 2. The van der Waals surface area contributed by atoms with Gasteiger partial charge in [0.05, 0.1) is 11.6 Å². The Morgan fingerprint density at radius 2 is 1.75 bits per heavy atom. The quantitative estimate of drug-likeness (QED) is 0.658. The van der Waals surface area contributed by atoms with Crippen LogP contribution >= 0.6 is 0 Å². The minimum Gasteiger partial charge on any atom is -0.459 e. The number of carbonyl (C=O) groups is 2. The van der Waals surface area contributed by atoms with E-state index in [1.165, 1.54) is 12.8 Å². The van der Waals surface area contributed by atoms with E-state index in [1.807, 2.05) is 30.3 Å². The van der Waals surface area contributed by atoms with E-state index in [0.29, 0.717) is 11.3 Å². The molecule has 2 amide bonds. The number of amides is 2. The van der Waals surface area contributed by atoms with E-state index in [9.17, 15) is 9.59 Å². The summed E-state index contributed by atoms with van der Waals surface area (Å²) in [5, 5.41) is 5.52. The maximum Gasteiger partial charge on any atom is 0.338 e. The summed E-state index contributed by atoms with van der Waals surface area (Å²) < 4.78 is 5.78. The number of ether oxygens (including phenoxy) is 1. The molecule has 1 aromatic rings. The Labute approximate surface area is 142 Å². The molecule has 5 heteroatoms. The first-order valence-electron chi connectivity index (χ1n) is 8.69. The standard InChI is InChI=1S/C19H24N2O3/c1-13-16(18(22)24-15-11-7-2-3-8-12-15)17(21-19(23)20-13)14-9-5-4-6-10-14/h4-6,9-10,15,17H,2-3,7-8,11-12H2,1H3,(H2,20,21,23)/t17-/m0/s1. The van der Waals surface area contributed by atoms with Crippen LogP contribution in [0.1, 0.15) is 57.1 Å². The lowest BCUT2D eigenvalue weighted by Gasteiger charge is -2.29. The molecular weight excluding hydrogens is 304 g/mol. The Hall–Kier alpha value is -2.30. The van der Waals surface area contributed by atoms with Gasteiger partial charge in [-0.25, -0.2) is 9.59 Å². The van der Waals surface area contributed by atoms with Crippen molar-refractivity contribution in [3.63, 3.8) is 0 Å². The Kier molecular flexibility index (Phi) is 5.18. The molecule has 128 valence electrons. The lowest BCUT2D eigenvalue weighted by molar-refractivity contribution is -0.145. The third kappa shape index (κ3) is 3.78. The molecule has 0 unspecified atom stereocenters. The Balaban J connectivity index is 1.82. The molecule has 1 fully saturated rings. The van der Waals surface area contributed by atoms with Crippen molar-refractivity contribution < 1.29 is 14.3 Å². The van der Waals surface area contributed by atoms with Crippen LogP contribution in [-0.4, -0.2) is 18.1 Å². The second kappa shape index (κ2) is 7.51. The number of benzene rings is 1. The zero-order valence-corrected chi connectivity index (χ0v) is 14.0. The second-order valence-electron chi connectivity index (χ2n) is 6.50. The molecule has 1 aliphatic carbocycles. The van der Waals surface area contributed by atoms with Crippen molar-refractivity contribution >= 4 is 12.0 Å². The fourth-order valence-electron chi connectivity index (χ4n) is 3.43. The summed E-state index contributed by atoms with van der Waals surface area (Å²) >= 11 is 0. The summed E-state index contributed by atoms with van der Waals surface area (Å²) in [5.41, 5.74) is 1.93. The maximum absolute atomic E-state index is 12.8. The van der Waals surface area contributed by atoms with Crippen molar-refractivity contribution in [3.05, 3.63) is 47.2 Å². The highest BCUT2D eigenvalue weighted by Gasteiger charge is 2.33. The van der Waals surface area contributed by atoms with E-state index < -0.39 is 6.04 Å². The number of carbonyl (C=O) groups excluding carboxylic acids is 2. The van der Waals surface area contributed by atoms with Crippen LogP contribution < -0.4 is 10.6 Å². The first kappa shape index (κ1) is 16.6. The minimum absolute atomic E-state index is 0.0191. The summed E-state index contributed by atoms with van der Waals surface area (Å²) in [7, 11) is 0. The van der Waals surface area contributed by atoms with Gasteiger partial charge in [-0.3, -0.25) is 0 Å². The third-order valence-electron chi connectivity index (χ3n) is 4.70. The Morgan fingerprint density at radius 3 is 2.42 bits per heavy atom. The molecule has 1 aliphatic heterocycles. The smallest absolute Gasteiger partial charge is 0.338 e. The van der Waals surface area contributed by atoms with Crippen LogP contribution in [-0.2, 0) is 9.53 Å². The zero-order chi connectivity index (χ0) is 16.9. The molecule has 0 radical (unpaired) electrons. The highest BCUT2D eigenvalue weighted by Crippen LogP contribution is 2.29. The molecule has 1 heterocycles. The molecule has 2 N–H and O–H groups in total. The van der Waals surface area contributed by atoms with Crippen molar-refractivity contribution in [2.75, 3.05) is 0 Å². The molecule has 24 heavy (non-hydrogen) atoms. The first-order valence-corrected chi connectivity index (χ1v) is 8.69. The fourth-order valence-corrected chi connectivity index (χ4v) is 3.43. The van der Waals surface area contributed by atoms with Gasteiger partial charge in [0.15, 0.2) is 0 Å². The second-order valence-corrected chi connectivity index (χ2v) is 6.50. The topological polar surface area (TPSA) is 67.4 Å². The third-order valence-corrected chi connectivity index (χ3v) is 4.70. The Morgan fingerprint density at radius 1 is 1.08 bits per heavy atom. The van der Waals surface area contributed by atoms with E-state index in [4.69, 9.17) is 4.74 Å². The van der Waals surface area contributed by atoms with Gasteiger partial charge in [0.25, 0.3) is 0 Å². The number of hydrogen-bond donors (Lipinski definition) is 2. The predicted molar refractivity (Wildman–Crippen MR) is 91.1 cm³/mol. The highest BCUT2D eigenvalue weighted by molar-refractivity contribution is 5.95. The van der Waals surface area contributed by atoms with Crippen LogP contribution in [0.15, 0.2) is 41.6 Å². The van der Waals surface area contributed by atoms with Gasteiger partial charge in [-0.05, 0) is 38.2 Å². The van der Waals surface area contributed by atoms with Gasteiger partial charge in [0.2, 0.25) is 0 Å². The van der Waals surface area contributed by atoms with Crippen molar-refractivity contribution in [1.82, 2.24) is 10.6 Å². The van der Waals surface area contributed by atoms with Crippen molar-refractivity contribution in [3.8, 4) is 0 Å². The van der Waals surface area contributed by atoms with E-state index in [2.05, 4.69) is 10.6 Å². The SMILES string of the molecule is CC1=C(C(=O)OC2CCCCCC2)[C@H](c2ccccc2)NC(=O)N1. The van der Waals surface area contributed by atoms with Crippen molar-refractivity contribution in [2.45, 2.75) is 57.6 Å². The number of allylic oxidation sites excluding steroid dienone is 1. The summed E-state index contributed by atoms with van der Waals surface area (Å²) in [6.07, 6.45) is 6.46. The lowest BCUT2D eigenvalue weighted by Crippen LogP contribution is -2.45. The summed E-state index contributed by atoms with van der Waals surface area (Å²) in [6, 6.07) is 8.74. The van der Waals surface area contributed by atoms with Gasteiger partial charge in [-0.1, -0.05) is 43.2 Å². The lowest BCUT2D eigenvalue weighted by atomic mass is 9.95. The van der Waals surface area contributed by atoms with Crippen molar-refractivity contribution in [2.24, 2.45) is 0 Å². The molecule has 5 nitrogen and oxygen atoms in total.